The molecule has 0 amide bonds. The number of hydrogen-bond donors (Lipinski definition) is 0. The van der Waals surface area contributed by atoms with E-state index in [1.54, 1.807) is 18.1 Å². The van der Waals surface area contributed by atoms with Crippen molar-refractivity contribution in [2.45, 2.75) is 132 Å². The van der Waals surface area contributed by atoms with Crippen LogP contribution in [0.15, 0.2) is 41.5 Å². The van der Waals surface area contributed by atoms with Gasteiger partial charge in [0.15, 0.2) is 0 Å². The Balaban J connectivity index is 1.33. The molecule has 6 rings (SSSR count). The summed E-state index contributed by atoms with van der Waals surface area (Å²) in [6, 6.07) is 9.41. The van der Waals surface area contributed by atoms with Crippen LogP contribution in [0.3, 0.4) is 0 Å². The molecule has 0 heterocycles. The summed E-state index contributed by atoms with van der Waals surface area (Å²) in [6.45, 7) is 19.3. The van der Waals surface area contributed by atoms with Gasteiger partial charge in [0.1, 0.15) is 6.10 Å². The summed E-state index contributed by atoms with van der Waals surface area (Å²) in [4.78, 5) is 25.0. The predicted octanol–water partition coefficient (Wildman–Crippen LogP) is 9.35. The summed E-state index contributed by atoms with van der Waals surface area (Å²) in [6.07, 6.45) is 11.1. The summed E-state index contributed by atoms with van der Waals surface area (Å²) < 4.78 is 18.5. The molecule has 5 heteroatoms. The summed E-state index contributed by atoms with van der Waals surface area (Å²) in [5, 5.41) is 0. The van der Waals surface area contributed by atoms with Crippen LogP contribution >= 0.6 is 0 Å². The van der Waals surface area contributed by atoms with Gasteiger partial charge in [-0.2, -0.15) is 0 Å². The van der Waals surface area contributed by atoms with Crippen molar-refractivity contribution in [1.82, 2.24) is 0 Å². The van der Waals surface area contributed by atoms with E-state index >= 15 is 0 Å². The standard InChI is InChI=1S/C40H58O5/c1-26(41)45-32-16-17-38(6)28-15-18-39(7)31-24-36(4,25-44-34(42)27-13-11-10-12-14-27)19-20-37(31,5)21-22-40(39,8)33(28)29(43-9)23-30(38)35(32,2)3/h10-14,29-32H,15-25H2,1-9H3. The van der Waals surface area contributed by atoms with Crippen LogP contribution in [0.1, 0.15) is 130 Å². The lowest BCUT2D eigenvalue weighted by molar-refractivity contribution is -0.180. The first-order valence-corrected chi connectivity index (χ1v) is 17.7. The SMILES string of the molecule is COC1CC2C(C)(CCC(OC(C)=O)C2(C)C)C2=C1C1(C)CCC3(C)CCC(C)(COC(=O)c4ccccc4)CC3C1(C)CC2. The van der Waals surface area contributed by atoms with Gasteiger partial charge in [-0.05, 0) is 115 Å². The lowest BCUT2D eigenvalue weighted by atomic mass is 9.35. The molecule has 1 aromatic rings. The van der Waals surface area contributed by atoms with Gasteiger partial charge >= 0.3 is 11.9 Å². The molecular formula is C40H58O5. The smallest absolute Gasteiger partial charge is 0.338 e. The number of rotatable bonds is 5. The van der Waals surface area contributed by atoms with E-state index in [4.69, 9.17) is 14.2 Å². The minimum Gasteiger partial charge on any atom is -0.462 e. The molecule has 1 aromatic carbocycles. The van der Waals surface area contributed by atoms with E-state index in [2.05, 4.69) is 48.5 Å². The third kappa shape index (κ3) is 4.95. The molecule has 3 fully saturated rings. The highest BCUT2D eigenvalue weighted by Crippen LogP contribution is 2.75. The molecule has 248 valence electrons. The van der Waals surface area contributed by atoms with E-state index in [9.17, 15) is 9.59 Å². The molecule has 0 aromatic heterocycles. The minimum absolute atomic E-state index is 0.0338. The van der Waals surface area contributed by atoms with Gasteiger partial charge in [-0.15, -0.1) is 0 Å². The molecule has 9 atom stereocenters. The zero-order chi connectivity index (χ0) is 32.6. The molecule has 0 saturated heterocycles. The predicted molar refractivity (Wildman–Crippen MR) is 178 cm³/mol. The molecule has 5 aliphatic rings. The van der Waals surface area contributed by atoms with Crippen LogP contribution in [-0.4, -0.2) is 37.9 Å². The van der Waals surface area contributed by atoms with E-state index in [-0.39, 0.29) is 51.2 Å². The van der Waals surface area contributed by atoms with Crippen LogP contribution in [0.2, 0.25) is 0 Å². The fraction of sp³-hybridized carbons (Fsp3) is 0.750. The van der Waals surface area contributed by atoms with Gasteiger partial charge in [0, 0.05) is 24.9 Å². The second-order valence-corrected chi connectivity index (χ2v) is 17.7. The average molecular weight is 619 g/mol. The first kappa shape index (κ1) is 32.8. The van der Waals surface area contributed by atoms with Gasteiger partial charge in [0.25, 0.3) is 0 Å². The van der Waals surface area contributed by atoms with Crippen LogP contribution < -0.4 is 0 Å². The van der Waals surface area contributed by atoms with Crippen molar-refractivity contribution in [2.75, 3.05) is 13.7 Å². The molecule has 0 bridgehead atoms. The topological polar surface area (TPSA) is 61.8 Å². The van der Waals surface area contributed by atoms with Crippen LogP contribution in [0.25, 0.3) is 0 Å². The Morgan fingerprint density at radius 1 is 0.867 bits per heavy atom. The average Bonchev–Trinajstić information content (AvgIpc) is 3.00. The van der Waals surface area contributed by atoms with Crippen molar-refractivity contribution < 1.29 is 23.8 Å². The molecule has 0 spiro atoms. The minimum atomic E-state index is -0.211. The number of carbonyl (C=O) groups excluding carboxylic acids is 2. The largest absolute Gasteiger partial charge is 0.462 e. The van der Waals surface area contributed by atoms with Gasteiger partial charge in [0.2, 0.25) is 0 Å². The maximum atomic E-state index is 12.9. The van der Waals surface area contributed by atoms with E-state index in [0.29, 0.717) is 29.4 Å². The summed E-state index contributed by atoms with van der Waals surface area (Å²) in [5.41, 5.74) is 4.32. The molecule has 9 unspecified atom stereocenters. The highest BCUT2D eigenvalue weighted by molar-refractivity contribution is 5.89. The van der Waals surface area contributed by atoms with Crippen LogP contribution in [-0.2, 0) is 19.0 Å². The Hall–Kier alpha value is -2.14. The van der Waals surface area contributed by atoms with Crippen LogP contribution in [0, 0.1) is 44.3 Å². The summed E-state index contributed by atoms with van der Waals surface area (Å²) in [7, 11) is 1.92. The molecule has 5 aliphatic carbocycles. The number of esters is 2. The highest BCUT2D eigenvalue weighted by Gasteiger charge is 2.68. The van der Waals surface area contributed by atoms with Gasteiger partial charge < -0.3 is 14.2 Å². The van der Waals surface area contributed by atoms with Crippen molar-refractivity contribution >= 4 is 11.9 Å². The number of hydrogen-bond acceptors (Lipinski definition) is 5. The van der Waals surface area contributed by atoms with E-state index in [1.165, 1.54) is 25.7 Å². The van der Waals surface area contributed by atoms with Crippen molar-refractivity contribution in [3.05, 3.63) is 47.0 Å². The molecule has 45 heavy (non-hydrogen) atoms. The van der Waals surface area contributed by atoms with Crippen molar-refractivity contribution in [3.63, 3.8) is 0 Å². The first-order valence-electron chi connectivity index (χ1n) is 17.7. The van der Waals surface area contributed by atoms with E-state index < -0.39 is 0 Å². The maximum absolute atomic E-state index is 12.9. The van der Waals surface area contributed by atoms with Crippen molar-refractivity contribution in [2.24, 2.45) is 44.3 Å². The van der Waals surface area contributed by atoms with Crippen molar-refractivity contribution in [3.8, 4) is 0 Å². The molecule has 0 radical (unpaired) electrons. The van der Waals surface area contributed by atoms with E-state index in [1.807, 2.05) is 37.4 Å². The lowest BCUT2D eigenvalue weighted by Crippen LogP contribution is -2.63. The van der Waals surface area contributed by atoms with Gasteiger partial charge in [-0.1, -0.05) is 72.2 Å². The Kier molecular flexibility index (Phi) is 7.98. The second kappa shape index (κ2) is 11.0. The number of allylic oxidation sites excluding steroid dienone is 1. The van der Waals surface area contributed by atoms with Gasteiger partial charge in [0.05, 0.1) is 18.3 Å². The molecule has 0 aliphatic heterocycles. The third-order valence-corrected chi connectivity index (χ3v) is 14.9. The molecule has 5 nitrogen and oxygen atoms in total. The Labute approximate surface area is 272 Å². The Morgan fingerprint density at radius 2 is 1.56 bits per heavy atom. The highest BCUT2D eigenvalue weighted by atomic mass is 16.5. The van der Waals surface area contributed by atoms with E-state index in [0.717, 1.165) is 38.5 Å². The maximum Gasteiger partial charge on any atom is 0.338 e. The zero-order valence-corrected chi connectivity index (χ0v) is 29.5. The second-order valence-electron chi connectivity index (χ2n) is 17.7. The Morgan fingerprint density at radius 3 is 2.22 bits per heavy atom. The lowest BCUT2D eigenvalue weighted by Gasteiger charge is -2.70. The molecule has 3 saturated carbocycles. The quantitative estimate of drug-likeness (QED) is 0.243. The number of ether oxygens (including phenoxy) is 3. The normalized spacial score (nSPS) is 43.7. The fourth-order valence-corrected chi connectivity index (χ4v) is 11.9. The van der Waals surface area contributed by atoms with Gasteiger partial charge in [-0.3, -0.25) is 4.79 Å². The first-order chi connectivity index (χ1) is 21.0. The van der Waals surface area contributed by atoms with Crippen LogP contribution in [0.4, 0.5) is 0 Å². The van der Waals surface area contributed by atoms with Crippen molar-refractivity contribution in [1.29, 1.82) is 0 Å². The summed E-state index contributed by atoms with van der Waals surface area (Å²) in [5.74, 6) is 0.560. The number of methoxy groups -OCH3 is 1. The number of carbonyl (C=O) groups is 2. The Bertz CT molecular complexity index is 1360. The summed E-state index contributed by atoms with van der Waals surface area (Å²) >= 11 is 0. The fourth-order valence-electron chi connectivity index (χ4n) is 11.9. The zero-order valence-electron chi connectivity index (χ0n) is 29.5. The monoisotopic (exact) mass is 618 g/mol. The molecular weight excluding hydrogens is 560 g/mol. The molecule has 0 N–H and O–H groups in total. The van der Waals surface area contributed by atoms with Crippen LogP contribution in [0.5, 0.6) is 0 Å². The number of fused-ring (bicyclic) bond motifs is 6. The third-order valence-electron chi connectivity index (χ3n) is 14.9. The van der Waals surface area contributed by atoms with Gasteiger partial charge in [-0.25, -0.2) is 4.79 Å². The number of benzene rings is 1.